The molecule has 13 heavy (non-hydrogen) atoms. The molecule has 0 aliphatic carbocycles. The van der Waals surface area contributed by atoms with Crippen molar-refractivity contribution in [2.75, 3.05) is 0 Å². The topological polar surface area (TPSA) is 28.7 Å². The molecule has 0 radical (unpaired) electrons. The Morgan fingerprint density at radius 3 is 2.77 bits per heavy atom. The second-order valence-electron chi connectivity index (χ2n) is 2.85. The molecule has 0 unspecified atom stereocenters. The van der Waals surface area contributed by atoms with Gasteiger partial charge in [-0.2, -0.15) is 5.26 Å². The van der Waals surface area contributed by atoms with Crippen molar-refractivity contribution >= 4 is 26.8 Å². The number of aromatic nitrogens is 1. The fourth-order valence-electron chi connectivity index (χ4n) is 1.46. The summed E-state index contributed by atoms with van der Waals surface area (Å²) in [5.41, 5.74) is 1.90. The predicted molar refractivity (Wildman–Crippen MR) is 55.4 cm³/mol. The molecule has 1 heterocycles. The van der Waals surface area contributed by atoms with Gasteiger partial charge in [0.2, 0.25) is 0 Å². The highest BCUT2D eigenvalue weighted by Crippen LogP contribution is 2.29. The lowest BCUT2D eigenvalue weighted by molar-refractivity contribution is 1.07. The number of para-hydroxylation sites is 1. The molecule has 2 rings (SSSR count). The van der Waals surface area contributed by atoms with Crippen molar-refractivity contribution in [2.24, 2.45) is 0 Å². The van der Waals surface area contributed by atoms with Crippen molar-refractivity contribution in [3.05, 3.63) is 34.4 Å². The molecular weight excluding hydrogens is 228 g/mol. The number of nitriles is 1. The number of hydrogen-bond acceptors (Lipinski definition) is 1. The molecule has 1 aromatic carbocycles. The van der Waals surface area contributed by atoms with Crippen LogP contribution < -0.4 is 0 Å². The average Bonchev–Trinajstić information content (AvgIpc) is 2.41. The van der Waals surface area contributed by atoms with E-state index in [9.17, 15) is 0 Å². The third-order valence-electron chi connectivity index (χ3n) is 2.13. The van der Waals surface area contributed by atoms with Gasteiger partial charge in [0.25, 0.3) is 0 Å². The number of hydrogen-bond donors (Lipinski definition) is 0. The molecule has 0 N–H and O–H groups in total. The number of fused-ring (bicyclic) bond motifs is 1. The van der Waals surface area contributed by atoms with E-state index >= 15 is 0 Å². The minimum Gasteiger partial charge on any atom is -0.250 e. The van der Waals surface area contributed by atoms with Gasteiger partial charge in [-0.25, -0.2) is 0 Å². The molecule has 2 nitrogen and oxygen atoms in total. The monoisotopic (exact) mass is 234 g/mol. The number of benzene rings is 1. The lowest BCUT2D eigenvalue weighted by Gasteiger charge is -1.92. The number of nitrogens with zero attached hydrogens (tertiary/aromatic N) is 2. The summed E-state index contributed by atoms with van der Waals surface area (Å²) in [6, 6.07) is 7.84. The molecule has 0 aliphatic heterocycles. The van der Waals surface area contributed by atoms with Gasteiger partial charge < -0.3 is 0 Å². The van der Waals surface area contributed by atoms with Crippen LogP contribution in [0.1, 0.15) is 5.69 Å². The first-order valence-corrected chi connectivity index (χ1v) is 4.70. The van der Waals surface area contributed by atoms with E-state index < -0.39 is 0 Å². The summed E-state index contributed by atoms with van der Waals surface area (Å²) >= 11 is 3.47. The van der Waals surface area contributed by atoms with E-state index in [1.165, 1.54) is 0 Å². The summed E-state index contributed by atoms with van der Waals surface area (Å²) in [7, 11) is 0. The molecule has 0 saturated heterocycles. The van der Waals surface area contributed by atoms with Gasteiger partial charge in [0.15, 0.2) is 6.19 Å². The van der Waals surface area contributed by atoms with Gasteiger partial charge >= 0.3 is 0 Å². The van der Waals surface area contributed by atoms with Crippen molar-refractivity contribution < 1.29 is 0 Å². The van der Waals surface area contributed by atoms with Crippen LogP contribution in [0, 0.1) is 18.4 Å². The summed E-state index contributed by atoms with van der Waals surface area (Å²) in [6.45, 7) is 1.92. The molecule has 0 fully saturated rings. The van der Waals surface area contributed by atoms with Crippen LogP contribution in [-0.2, 0) is 0 Å². The highest BCUT2D eigenvalue weighted by molar-refractivity contribution is 9.10. The van der Waals surface area contributed by atoms with Gasteiger partial charge in [-0.3, -0.25) is 4.57 Å². The Kier molecular flexibility index (Phi) is 1.86. The molecule has 0 amide bonds. The van der Waals surface area contributed by atoms with Crippen LogP contribution in [0.25, 0.3) is 10.9 Å². The Labute approximate surface area is 84.5 Å². The molecule has 1 aromatic heterocycles. The van der Waals surface area contributed by atoms with E-state index in [0.717, 1.165) is 21.1 Å². The summed E-state index contributed by atoms with van der Waals surface area (Å²) < 4.78 is 2.63. The number of halogens is 1. The number of rotatable bonds is 0. The van der Waals surface area contributed by atoms with E-state index in [1.54, 1.807) is 4.57 Å². The van der Waals surface area contributed by atoms with E-state index in [-0.39, 0.29) is 0 Å². The molecule has 64 valence electrons. The third kappa shape index (κ3) is 1.06. The maximum absolute atomic E-state index is 8.92. The zero-order valence-electron chi connectivity index (χ0n) is 7.08. The normalized spacial score (nSPS) is 10.2. The van der Waals surface area contributed by atoms with E-state index in [2.05, 4.69) is 22.1 Å². The molecule has 0 atom stereocenters. The Bertz CT molecular complexity index is 505. The van der Waals surface area contributed by atoms with Crippen molar-refractivity contribution in [2.45, 2.75) is 6.92 Å². The average molecular weight is 235 g/mol. The standard InChI is InChI=1S/C10H7BrN2/c1-7-10(11)8-4-2-3-5-9(8)13(7)6-12/h2-5H,1H3. The largest absolute Gasteiger partial charge is 0.250 e. The summed E-state index contributed by atoms with van der Waals surface area (Å²) in [5, 5.41) is 10.0. The van der Waals surface area contributed by atoms with Crippen LogP contribution in [-0.4, -0.2) is 4.57 Å². The summed E-state index contributed by atoms with van der Waals surface area (Å²) in [5.74, 6) is 0. The summed E-state index contributed by atoms with van der Waals surface area (Å²) in [6.07, 6.45) is 2.15. The second kappa shape index (κ2) is 2.90. The van der Waals surface area contributed by atoms with Crippen LogP contribution in [0.4, 0.5) is 0 Å². The maximum Gasteiger partial charge on any atom is 0.189 e. The molecule has 0 saturated carbocycles. The van der Waals surface area contributed by atoms with Crippen molar-refractivity contribution in [1.82, 2.24) is 4.57 Å². The molecule has 0 bridgehead atoms. The summed E-state index contributed by atoms with van der Waals surface area (Å²) in [4.78, 5) is 0. The lowest BCUT2D eigenvalue weighted by atomic mass is 10.2. The molecular formula is C10H7BrN2. The molecule has 0 aliphatic rings. The van der Waals surface area contributed by atoms with Crippen LogP contribution in [0.3, 0.4) is 0 Å². The Morgan fingerprint density at radius 1 is 1.38 bits per heavy atom. The van der Waals surface area contributed by atoms with Gasteiger partial charge in [0, 0.05) is 15.6 Å². The Hall–Kier alpha value is -1.27. The van der Waals surface area contributed by atoms with Gasteiger partial charge in [-0.05, 0) is 28.9 Å². The predicted octanol–water partition coefficient (Wildman–Crippen LogP) is 3.04. The first-order chi connectivity index (χ1) is 6.25. The highest BCUT2D eigenvalue weighted by atomic mass is 79.9. The van der Waals surface area contributed by atoms with Crippen LogP contribution >= 0.6 is 15.9 Å². The van der Waals surface area contributed by atoms with Crippen molar-refractivity contribution in [3.8, 4) is 6.19 Å². The van der Waals surface area contributed by atoms with E-state index in [0.29, 0.717) is 0 Å². The molecule has 0 spiro atoms. The van der Waals surface area contributed by atoms with Crippen molar-refractivity contribution in [1.29, 1.82) is 5.26 Å². The fourth-order valence-corrected chi connectivity index (χ4v) is 1.97. The third-order valence-corrected chi connectivity index (χ3v) is 3.14. The first-order valence-electron chi connectivity index (χ1n) is 3.91. The highest BCUT2D eigenvalue weighted by Gasteiger charge is 2.09. The lowest BCUT2D eigenvalue weighted by Crippen LogP contribution is -1.89. The Morgan fingerprint density at radius 2 is 2.08 bits per heavy atom. The van der Waals surface area contributed by atoms with Gasteiger partial charge in [-0.15, -0.1) is 0 Å². The smallest absolute Gasteiger partial charge is 0.189 e. The molecule has 3 heteroatoms. The molecule has 2 aromatic rings. The fraction of sp³-hybridized carbons (Fsp3) is 0.100. The minimum atomic E-state index is 0.948. The van der Waals surface area contributed by atoms with E-state index in [4.69, 9.17) is 5.26 Å². The SMILES string of the molecule is Cc1c(Br)c2ccccc2n1C#N. The van der Waals surface area contributed by atoms with Crippen molar-refractivity contribution in [3.63, 3.8) is 0 Å². The van der Waals surface area contributed by atoms with Crippen LogP contribution in [0.15, 0.2) is 28.7 Å². The minimum absolute atomic E-state index is 0.948. The Balaban J connectivity index is 3.00. The van der Waals surface area contributed by atoms with Gasteiger partial charge in [0.1, 0.15) is 0 Å². The van der Waals surface area contributed by atoms with Gasteiger partial charge in [-0.1, -0.05) is 18.2 Å². The van der Waals surface area contributed by atoms with Crippen LogP contribution in [0.5, 0.6) is 0 Å². The van der Waals surface area contributed by atoms with E-state index in [1.807, 2.05) is 31.2 Å². The first kappa shape index (κ1) is 8.33. The zero-order chi connectivity index (χ0) is 9.42. The zero-order valence-corrected chi connectivity index (χ0v) is 8.67. The second-order valence-corrected chi connectivity index (χ2v) is 3.64. The maximum atomic E-state index is 8.92. The quantitative estimate of drug-likeness (QED) is 0.689. The van der Waals surface area contributed by atoms with Gasteiger partial charge in [0.05, 0.1) is 5.52 Å². The van der Waals surface area contributed by atoms with Crippen LogP contribution in [0.2, 0.25) is 0 Å².